The smallest absolute Gasteiger partial charge is 0.416 e. The zero-order chi connectivity index (χ0) is 26.9. The lowest BCUT2D eigenvalue weighted by molar-refractivity contribution is -0.143. The summed E-state index contributed by atoms with van der Waals surface area (Å²) in [6.07, 6.45) is -10.5. The van der Waals surface area contributed by atoms with Gasteiger partial charge in [-0.15, -0.1) is 0 Å². The number of halogens is 6. The Balaban J connectivity index is 1.89. The average Bonchev–Trinajstić information content (AvgIpc) is 2.77. The summed E-state index contributed by atoms with van der Waals surface area (Å²) in [5, 5.41) is 2.60. The van der Waals surface area contributed by atoms with Crippen molar-refractivity contribution in [3.05, 3.63) is 70.8 Å². The van der Waals surface area contributed by atoms with Gasteiger partial charge in [-0.2, -0.15) is 26.3 Å². The van der Waals surface area contributed by atoms with Gasteiger partial charge in [-0.1, -0.05) is 30.3 Å². The van der Waals surface area contributed by atoms with Crippen molar-refractivity contribution in [3.63, 3.8) is 0 Å². The van der Waals surface area contributed by atoms with Crippen LogP contribution < -0.4 is 5.32 Å². The third-order valence-corrected chi connectivity index (χ3v) is 5.66. The summed E-state index contributed by atoms with van der Waals surface area (Å²) in [5.41, 5.74) is -3.87. The molecule has 2 aromatic rings. The van der Waals surface area contributed by atoms with Crippen LogP contribution in [0.2, 0.25) is 0 Å². The van der Waals surface area contributed by atoms with E-state index in [1.807, 2.05) is 0 Å². The number of nitrogens with one attached hydrogen (secondary N) is 1. The van der Waals surface area contributed by atoms with E-state index in [9.17, 15) is 35.9 Å². The second kappa shape index (κ2) is 10.0. The number of hydrogen-bond donors (Lipinski definition) is 1. The molecule has 1 aliphatic heterocycles. The van der Waals surface area contributed by atoms with E-state index in [4.69, 9.17) is 4.74 Å². The number of rotatable bonds is 3. The molecule has 0 unspecified atom stereocenters. The molecule has 0 aromatic heterocycles. The monoisotopic (exact) mass is 516 g/mol. The lowest BCUT2D eigenvalue weighted by Gasteiger charge is -2.39. The Morgan fingerprint density at radius 1 is 0.917 bits per heavy atom. The van der Waals surface area contributed by atoms with Crippen LogP contribution >= 0.6 is 0 Å². The van der Waals surface area contributed by atoms with Crippen LogP contribution in [0.1, 0.15) is 60.2 Å². The summed E-state index contributed by atoms with van der Waals surface area (Å²) in [7, 11) is 0. The molecule has 1 aliphatic rings. The third-order valence-electron chi connectivity index (χ3n) is 5.66. The number of nitrogens with zero attached hydrogens (tertiary/aromatic N) is 1. The van der Waals surface area contributed by atoms with E-state index < -0.39 is 58.6 Å². The molecular weight excluding hydrogens is 490 g/mol. The summed E-state index contributed by atoms with van der Waals surface area (Å²) in [6.45, 7) is 5.48. The Hall–Kier alpha value is -3.24. The van der Waals surface area contributed by atoms with Crippen LogP contribution in [-0.4, -0.2) is 41.6 Å². The summed E-state index contributed by atoms with van der Waals surface area (Å²) < 4.78 is 84.8. The highest BCUT2D eigenvalue weighted by Crippen LogP contribution is 2.36. The Kier molecular flexibility index (Phi) is 7.61. The van der Waals surface area contributed by atoms with Crippen LogP contribution in [0.5, 0.6) is 0 Å². The van der Waals surface area contributed by atoms with Gasteiger partial charge in [-0.3, -0.25) is 4.79 Å². The molecule has 196 valence electrons. The minimum atomic E-state index is -5.07. The number of piperidine rings is 1. The van der Waals surface area contributed by atoms with Gasteiger partial charge >= 0.3 is 18.4 Å². The van der Waals surface area contributed by atoms with E-state index >= 15 is 0 Å². The number of carbonyl (C=O) groups is 2. The van der Waals surface area contributed by atoms with Crippen LogP contribution in [0.25, 0.3) is 0 Å². The Morgan fingerprint density at radius 2 is 1.47 bits per heavy atom. The van der Waals surface area contributed by atoms with Crippen molar-refractivity contribution in [1.29, 1.82) is 0 Å². The molecule has 11 heteroatoms. The van der Waals surface area contributed by atoms with E-state index in [1.54, 1.807) is 51.1 Å². The molecule has 2 atom stereocenters. The molecule has 0 radical (unpaired) electrons. The van der Waals surface area contributed by atoms with Crippen LogP contribution in [0.15, 0.2) is 48.5 Å². The summed E-state index contributed by atoms with van der Waals surface area (Å²) >= 11 is 0. The van der Waals surface area contributed by atoms with Crippen molar-refractivity contribution < 1.29 is 40.7 Å². The first-order chi connectivity index (χ1) is 16.5. The average molecular weight is 516 g/mol. The van der Waals surface area contributed by atoms with Crippen molar-refractivity contribution in [1.82, 2.24) is 10.2 Å². The fourth-order valence-corrected chi connectivity index (χ4v) is 3.99. The second-order valence-electron chi connectivity index (χ2n) is 9.61. The topological polar surface area (TPSA) is 58.6 Å². The number of amides is 2. The predicted octanol–water partition coefficient (Wildman–Crippen LogP) is 6.25. The fraction of sp³-hybridized carbons (Fsp3) is 0.440. The molecule has 0 spiro atoms. The Bertz CT molecular complexity index is 1060. The molecule has 0 saturated carbocycles. The maximum atomic E-state index is 13.2. The van der Waals surface area contributed by atoms with Crippen LogP contribution in [0.4, 0.5) is 31.1 Å². The first-order valence-electron chi connectivity index (χ1n) is 11.2. The zero-order valence-corrected chi connectivity index (χ0v) is 19.8. The SMILES string of the molecule is CC(C)(C)OC(=O)N1CC[C@@H](NC(=O)c2cc(C(F)(F)F)cc(C(F)(F)F)c2)[C@H](c2ccccc2)C1. The van der Waals surface area contributed by atoms with Crippen molar-refractivity contribution in [2.45, 2.75) is 57.1 Å². The predicted molar refractivity (Wildman–Crippen MR) is 119 cm³/mol. The normalized spacial score (nSPS) is 19.1. The highest BCUT2D eigenvalue weighted by atomic mass is 19.4. The molecule has 0 bridgehead atoms. The standard InChI is InChI=1S/C25H26F6N2O3/c1-23(2,3)36-22(35)33-10-9-20(19(14-33)15-7-5-4-6-8-15)32-21(34)16-11-17(24(26,27)28)13-18(12-16)25(29,30)31/h4-8,11-13,19-20H,9-10,14H2,1-3H3,(H,32,34)/t19-,20+/m0/s1. The first kappa shape index (κ1) is 27.3. The molecule has 5 nitrogen and oxygen atoms in total. The first-order valence-corrected chi connectivity index (χ1v) is 11.2. The van der Waals surface area contributed by atoms with Gasteiger partial charge in [0.2, 0.25) is 0 Å². The van der Waals surface area contributed by atoms with Crippen LogP contribution in [-0.2, 0) is 17.1 Å². The van der Waals surface area contributed by atoms with Gasteiger partial charge in [0, 0.05) is 30.6 Å². The molecule has 36 heavy (non-hydrogen) atoms. The number of benzene rings is 2. The van der Waals surface area contributed by atoms with Gasteiger partial charge < -0.3 is 15.0 Å². The maximum Gasteiger partial charge on any atom is 0.416 e. The van der Waals surface area contributed by atoms with Gasteiger partial charge in [0.05, 0.1) is 11.1 Å². The van der Waals surface area contributed by atoms with E-state index in [1.165, 1.54) is 4.90 Å². The van der Waals surface area contributed by atoms with Crippen molar-refractivity contribution in [2.24, 2.45) is 0 Å². The summed E-state index contributed by atoms with van der Waals surface area (Å²) in [6, 6.07) is 8.95. The van der Waals surface area contributed by atoms with Gasteiger partial charge in [0.15, 0.2) is 0 Å². The van der Waals surface area contributed by atoms with E-state index in [0.717, 1.165) is 5.56 Å². The molecule has 1 N–H and O–H groups in total. The van der Waals surface area contributed by atoms with E-state index in [0.29, 0.717) is 12.1 Å². The van der Waals surface area contributed by atoms with Crippen LogP contribution in [0.3, 0.4) is 0 Å². The van der Waals surface area contributed by atoms with Crippen LogP contribution in [0, 0.1) is 0 Å². The van der Waals surface area contributed by atoms with E-state index in [2.05, 4.69) is 5.32 Å². The molecule has 1 fully saturated rings. The molecule has 2 aromatic carbocycles. The molecule has 3 rings (SSSR count). The largest absolute Gasteiger partial charge is 0.444 e. The summed E-state index contributed by atoms with van der Waals surface area (Å²) in [5.74, 6) is -1.53. The minimum absolute atomic E-state index is 0.0249. The van der Waals surface area contributed by atoms with Gasteiger partial charge in [-0.05, 0) is 51.0 Å². The highest BCUT2D eigenvalue weighted by Gasteiger charge is 2.39. The Labute approximate surface area is 204 Å². The number of carbonyl (C=O) groups excluding carboxylic acids is 2. The zero-order valence-electron chi connectivity index (χ0n) is 19.8. The number of alkyl halides is 6. The van der Waals surface area contributed by atoms with E-state index in [-0.39, 0.29) is 25.6 Å². The lowest BCUT2D eigenvalue weighted by Crippen LogP contribution is -2.52. The molecule has 0 aliphatic carbocycles. The molecule has 1 heterocycles. The number of likely N-dealkylation sites (tertiary alicyclic amines) is 1. The third kappa shape index (κ3) is 6.92. The summed E-state index contributed by atoms with van der Waals surface area (Å²) in [4.78, 5) is 27.0. The van der Waals surface area contributed by atoms with Gasteiger partial charge in [-0.25, -0.2) is 4.79 Å². The second-order valence-corrected chi connectivity index (χ2v) is 9.61. The quantitative estimate of drug-likeness (QED) is 0.491. The fourth-order valence-electron chi connectivity index (χ4n) is 3.99. The lowest BCUT2D eigenvalue weighted by atomic mass is 9.86. The van der Waals surface area contributed by atoms with Crippen molar-refractivity contribution in [2.75, 3.05) is 13.1 Å². The molecule has 2 amide bonds. The Morgan fingerprint density at radius 3 is 1.97 bits per heavy atom. The highest BCUT2D eigenvalue weighted by molar-refractivity contribution is 5.95. The molecule has 1 saturated heterocycles. The van der Waals surface area contributed by atoms with Gasteiger partial charge in [0.1, 0.15) is 5.60 Å². The maximum absolute atomic E-state index is 13.2. The number of hydrogen-bond acceptors (Lipinski definition) is 3. The van der Waals surface area contributed by atoms with Crippen molar-refractivity contribution in [3.8, 4) is 0 Å². The minimum Gasteiger partial charge on any atom is -0.444 e. The molecular formula is C25H26F6N2O3. The van der Waals surface area contributed by atoms with Gasteiger partial charge in [0.25, 0.3) is 5.91 Å². The van der Waals surface area contributed by atoms with Crippen molar-refractivity contribution >= 4 is 12.0 Å². The number of ether oxygens (including phenoxy) is 1.